The number of amides is 1. The van der Waals surface area contributed by atoms with E-state index in [1.54, 1.807) is 7.05 Å². The SMILES string of the molecule is CNC(=O)CC(C)C(N)=S. The smallest absolute Gasteiger partial charge is 0.220 e. The monoisotopic (exact) mass is 160 g/mol. The minimum absolute atomic E-state index is 0.00468. The average molecular weight is 160 g/mol. The molecule has 0 saturated heterocycles. The summed E-state index contributed by atoms with van der Waals surface area (Å²) in [6.45, 7) is 1.83. The molecule has 10 heavy (non-hydrogen) atoms. The van der Waals surface area contributed by atoms with Crippen LogP contribution in [0.2, 0.25) is 0 Å². The van der Waals surface area contributed by atoms with Crippen molar-refractivity contribution in [1.29, 1.82) is 0 Å². The predicted molar refractivity (Wildman–Crippen MR) is 44.6 cm³/mol. The number of rotatable bonds is 3. The Hall–Kier alpha value is -0.640. The summed E-state index contributed by atoms with van der Waals surface area (Å²) >= 11 is 4.68. The van der Waals surface area contributed by atoms with E-state index in [0.717, 1.165) is 0 Å². The molecule has 0 aromatic carbocycles. The van der Waals surface area contributed by atoms with Gasteiger partial charge in [0.1, 0.15) is 0 Å². The zero-order valence-corrected chi connectivity index (χ0v) is 6.99. The van der Waals surface area contributed by atoms with E-state index in [0.29, 0.717) is 11.4 Å². The van der Waals surface area contributed by atoms with Gasteiger partial charge < -0.3 is 11.1 Å². The molecule has 0 spiro atoms. The molecular formula is C6H12N2OS. The van der Waals surface area contributed by atoms with Gasteiger partial charge in [0.05, 0.1) is 4.99 Å². The highest BCUT2D eigenvalue weighted by molar-refractivity contribution is 7.80. The van der Waals surface area contributed by atoms with Gasteiger partial charge in [-0.3, -0.25) is 4.79 Å². The average Bonchev–Trinajstić information content (AvgIpc) is 1.87. The van der Waals surface area contributed by atoms with Crippen molar-refractivity contribution in [1.82, 2.24) is 5.32 Å². The maximum absolute atomic E-state index is 10.7. The number of nitrogens with two attached hydrogens (primary N) is 1. The molecule has 0 aliphatic rings. The van der Waals surface area contributed by atoms with Gasteiger partial charge in [0, 0.05) is 19.4 Å². The molecule has 0 aliphatic carbocycles. The van der Waals surface area contributed by atoms with Gasteiger partial charge in [-0.1, -0.05) is 19.1 Å². The van der Waals surface area contributed by atoms with E-state index < -0.39 is 0 Å². The van der Waals surface area contributed by atoms with Gasteiger partial charge >= 0.3 is 0 Å². The zero-order valence-electron chi connectivity index (χ0n) is 6.18. The van der Waals surface area contributed by atoms with Crippen molar-refractivity contribution < 1.29 is 4.79 Å². The highest BCUT2D eigenvalue weighted by Crippen LogP contribution is 2.00. The topological polar surface area (TPSA) is 55.1 Å². The van der Waals surface area contributed by atoms with Crippen LogP contribution in [0.4, 0.5) is 0 Å². The summed E-state index contributed by atoms with van der Waals surface area (Å²) < 4.78 is 0. The standard InChI is InChI=1S/C6H12N2OS/c1-4(6(7)10)3-5(9)8-2/h4H,3H2,1-2H3,(H2,7,10)(H,8,9). The minimum Gasteiger partial charge on any atom is -0.393 e. The summed E-state index contributed by atoms with van der Waals surface area (Å²) in [5, 5.41) is 2.50. The van der Waals surface area contributed by atoms with Gasteiger partial charge in [-0.2, -0.15) is 0 Å². The first kappa shape index (κ1) is 9.36. The molecule has 1 unspecified atom stereocenters. The molecule has 4 heteroatoms. The summed E-state index contributed by atoms with van der Waals surface area (Å²) in [7, 11) is 1.59. The van der Waals surface area contributed by atoms with Crippen molar-refractivity contribution in [2.45, 2.75) is 13.3 Å². The lowest BCUT2D eigenvalue weighted by Crippen LogP contribution is -2.26. The lowest BCUT2D eigenvalue weighted by Gasteiger charge is -2.06. The Morgan fingerprint density at radius 1 is 1.80 bits per heavy atom. The Morgan fingerprint density at radius 3 is 2.60 bits per heavy atom. The van der Waals surface area contributed by atoms with Crippen LogP contribution in [0.5, 0.6) is 0 Å². The van der Waals surface area contributed by atoms with E-state index in [2.05, 4.69) is 17.5 Å². The van der Waals surface area contributed by atoms with E-state index in [1.165, 1.54) is 0 Å². The fourth-order valence-corrected chi connectivity index (χ4v) is 0.564. The number of carbonyl (C=O) groups is 1. The van der Waals surface area contributed by atoms with E-state index in [1.807, 2.05) is 6.92 Å². The predicted octanol–water partition coefficient (Wildman–Crippen LogP) is 0.0447. The molecule has 0 aromatic heterocycles. The van der Waals surface area contributed by atoms with Crippen LogP contribution in [0.3, 0.4) is 0 Å². The molecule has 1 atom stereocenters. The maximum Gasteiger partial charge on any atom is 0.220 e. The fourth-order valence-electron chi connectivity index (χ4n) is 0.481. The van der Waals surface area contributed by atoms with Gasteiger partial charge in [-0.25, -0.2) is 0 Å². The number of hydrogen-bond acceptors (Lipinski definition) is 2. The zero-order chi connectivity index (χ0) is 8.15. The van der Waals surface area contributed by atoms with Crippen molar-refractivity contribution in [3.8, 4) is 0 Å². The summed E-state index contributed by atoms with van der Waals surface area (Å²) in [5.41, 5.74) is 5.29. The van der Waals surface area contributed by atoms with Gasteiger partial charge in [-0.15, -0.1) is 0 Å². The van der Waals surface area contributed by atoms with Gasteiger partial charge in [0.25, 0.3) is 0 Å². The van der Waals surface area contributed by atoms with E-state index in [4.69, 9.17) is 5.73 Å². The number of thiocarbonyl (C=S) groups is 1. The van der Waals surface area contributed by atoms with Crippen LogP contribution in [-0.2, 0) is 4.79 Å². The largest absolute Gasteiger partial charge is 0.393 e. The van der Waals surface area contributed by atoms with Crippen LogP contribution in [0, 0.1) is 5.92 Å². The normalized spacial score (nSPS) is 12.2. The molecule has 0 aromatic rings. The molecule has 0 fully saturated rings. The van der Waals surface area contributed by atoms with Crippen LogP contribution in [0.1, 0.15) is 13.3 Å². The van der Waals surface area contributed by atoms with Crippen molar-refractivity contribution in [3.63, 3.8) is 0 Å². The minimum atomic E-state index is -0.0275. The molecule has 3 nitrogen and oxygen atoms in total. The highest BCUT2D eigenvalue weighted by Gasteiger charge is 2.08. The van der Waals surface area contributed by atoms with Crippen LogP contribution in [0.15, 0.2) is 0 Å². The number of hydrogen-bond donors (Lipinski definition) is 2. The second kappa shape index (κ2) is 4.22. The second-order valence-corrected chi connectivity index (χ2v) is 2.65. The first-order valence-electron chi connectivity index (χ1n) is 3.07. The Bertz CT molecular complexity index is 147. The Morgan fingerprint density at radius 2 is 2.30 bits per heavy atom. The van der Waals surface area contributed by atoms with Gasteiger partial charge in [0.2, 0.25) is 5.91 Å². The van der Waals surface area contributed by atoms with Crippen molar-refractivity contribution >= 4 is 23.1 Å². The third-order valence-corrected chi connectivity index (χ3v) is 1.66. The second-order valence-electron chi connectivity index (χ2n) is 2.18. The Kier molecular flexibility index (Phi) is 3.95. The molecule has 0 radical (unpaired) electrons. The van der Waals surface area contributed by atoms with E-state index in [9.17, 15) is 4.79 Å². The molecule has 3 N–H and O–H groups in total. The lowest BCUT2D eigenvalue weighted by atomic mass is 10.1. The molecule has 1 amide bonds. The van der Waals surface area contributed by atoms with Crippen LogP contribution < -0.4 is 11.1 Å². The van der Waals surface area contributed by atoms with Crippen LogP contribution in [0.25, 0.3) is 0 Å². The number of carbonyl (C=O) groups excluding carboxylic acids is 1. The van der Waals surface area contributed by atoms with Crippen LogP contribution in [-0.4, -0.2) is 17.9 Å². The molecule has 0 bridgehead atoms. The summed E-state index contributed by atoms with van der Waals surface area (Å²) in [4.78, 5) is 11.1. The van der Waals surface area contributed by atoms with Crippen molar-refractivity contribution in [2.75, 3.05) is 7.05 Å². The Balaban J connectivity index is 3.68. The van der Waals surface area contributed by atoms with Crippen LogP contribution >= 0.6 is 12.2 Å². The lowest BCUT2D eigenvalue weighted by molar-refractivity contribution is -0.121. The number of nitrogens with one attached hydrogen (secondary N) is 1. The molecular weight excluding hydrogens is 148 g/mol. The quantitative estimate of drug-likeness (QED) is 0.573. The first-order valence-corrected chi connectivity index (χ1v) is 3.48. The molecule has 0 rings (SSSR count). The van der Waals surface area contributed by atoms with Gasteiger partial charge in [0.15, 0.2) is 0 Å². The molecule has 0 saturated carbocycles. The molecule has 0 heterocycles. The van der Waals surface area contributed by atoms with Crippen molar-refractivity contribution in [2.24, 2.45) is 11.7 Å². The fraction of sp³-hybridized carbons (Fsp3) is 0.667. The Labute approximate surface area is 66.0 Å². The third-order valence-electron chi connectivity index (χ3n) is 1.26. The summed E-state index contributed by atoms with van der Waals surface area (Å²) in [5.74, 6) is -0.0322. The third kappa shape index (κ3) is 3.40. The van der Waals surface area contributed by atoms with E-state index >= 15 is 0 Å². The first-order chi connectivity index (χ1) is 4.57. The summed E-state index contributed by atoms with van der Waals surface area (Å²) in [6.07, 6.45) is 0.381. The maximum atomic E-state index is 10.7. The van der Waals surface area contributed by atoms with Crippen molar-refractivity contribution in [3.05, 3.63) is 0 Å². The van der Waals surface area contributed by atoms with E-state index in [-0.39, 0.29) is 11.8 Å². The molecule has 0 aliphatic heterocycles. The highest BCUT2D eigenvalue weighted by atomic mass is 32.1. The molecule has 58 valence electrons. The summed E-state index contributed by atoms with van der Waals surface area (Å²) in [6, 6.07) is 0. The van der Waals surface area contributed by atoms with Gasteiger partial charge in [-0.05, 0) is 0 Å².